The second-order valence-electron chi connectivity index (χ2n) is 4.26. The molecule has 0 aliphatic carbocycles. The first-order valence-corrected chi connectivity index (χ1v) is 6.77. The molecular formula is C11H16N2O4S. The quantitative estimate of drug-likeness (QED) is 0.458. The second kappa shape index (κ2) is 5.29. The summed E-state index contributed by atoms with van der Waals surface area (Å²) in [4.78, 5) is 24.9. The van der Waals surface area contributed by atoms with Gasteiger partial charge in [-0.15, -0.1) is 11.8 Å². The van der Waals surface area contributed by atoms with Gasteiger partial charge in [0.25, 0.3) is 0 Å². The first-order valence-electron chi connectivity index (χ1n) is 5.89. The Kier molecular flexibility index (Phi) is 3.94. The van der Waals surface area contributed by atoms with E-state index in [0.717, 1.165) is 13.0 Å². The van der Waals surface area contributed by atoms with Crippen molar-refractivity contribution in [3.63, 3.8) is 0 Å². The number of thioether (sulfide) groups is 1. The van der Waals surface area contributed by atoms with Crippen molar-refractivity contribution >= 4 is 23.6 Å². The third-order valence-corrected chi connectivity index (χ3v) is 4.44. The van der Waals surface area contributed by atoms with E-state index in [4.69, 9.17) is 5.11 Å². The second-order valence-corrected chi connectivity index (χ2v) is 5.47. The number of aliphatic hydroxyl groups is 1. The van der Waals surface area contributed by atoms with Gasteiger partial charge in [0.15, 0.2) is 0 Å². The number of aliphatic carboxylic acids is 1. The molecule has 2 aliphatic heterocycles. The van der Waals surface area contributed by atoms with Crippen molar-refractivity contribution in [3.8, 4) is 0 Å². The van der Waals surface area contributed by atoms with E-state index < -0.39 is 11.9 Å². The van der Waals surface area contributed by atoms with Crippen molar-refractivity contribution in [3.05, 3.63) is 10.6 Å². The number of hydrogen-bond donors (Lipinski definition) is 3. The van der Waals surface area contributed by atoms with Crippen molar-refractivity contribution in [2.24, 2.45) is 5.92 Å². The van der Waals surface area contributed by atoms with E-state index in [2.05, 4.69) is 5.32 Å². The van der Waals surface area contributed by atoms with Gasteiger partial charge in [-0.25, -0.2) is 4.79 Å². The lowest BCUT2D eigenvalue weighted by Crippen LogP contribution is -2.58. The molecule has 0 aromatic carbocycles. The number of hydrogen-bond acceptors (Lipinski definition) is 5. The van der Waals surface area contributed by atoms with Crippen LogP contribution in [0, 0.1) is 5.92 Å². The summed E-state index contributed by atoms with van der Waals surface area (Å²) in [6, 6.07) is 0. The molecule has 0 spiro atoms. The largest absolute Gasteiger partial charge is 0.477 e. The molecule has 2 rings (SSSR count). The Morgan fingerprint density at radius 1 is 1.56 bits per heavy atom. The molecular weight excluding hydrogens is 256 g/mol. The fourth-order valence-corrected chi connectivity index (χ4v) is 3.58. The van der Waals surface area contributed by atoms with Crippen LogP contribution >= 0.6 is 11.8 Å². The average Bonchev–Trinajstić information content (AvgIpc) is 2.65. The number of β-lactam (4-membered cyclic amide) rings is 1. The van der Waals surface area contributed by atoms with Crippen LogP contribution in [0.5, 0.6) is 0 Å². The van der Waals surface area contributed by atoms with E-state index in [1.165, 1.54) is 16.7 Å². The highest BCUT2D eigenvalue weighted by Crippen LogP contribution is 2.48. The minimum absolute atomic E-state index is 0.0725. The first-order chi connectivity index (χ1) is 8.61. The van der Waals surface area contributed by atoms with Gasteiger partial charge in [0, 0.05) is 11.4 Å². The van der Waals surface area contributed by atoms with Crippen LogP contribution in [0.1, 0.15) is 13.3 Å². The Morgan fingerprint density at radius 2 is 2.28 bits per heavy atom. The lowest BCUT2D eigenvalue weighted by molar-refractivity contribution is -0.153. The summed E-state index contributed by atoms with van der Waals surface area (Å²) in [7, 11) is 0. The molecule has 0 radical (unpaired) electrons. The molecule has 100 valence electrons. The molecule has 0 bridgehead atoms. The first kappa shape index (κ1) is 13.4. The summed E-state index contributed by atoms with van der Waals surface area (Å²) in [6.07, 6.45) is 0.964. The maximum absolute atomic E-state index is 11.7. The van der Waals surface area contributed by atoms with Gasteiger partial charge >= 0.3 is 5.97 Å². The lowest BCUT2D eigenvalue weighted by atomic mass is 9.98. The molecule has 18 heavy (non-hydrogen) atoms. The number of nitrogens with one attached hydrogen (secondary N) is 1. The van der Waals surface area contributed by atoms with Gasteiger partial charge < -0.3 is 15.5 Å². The summed E-state index contributed by atoms with van der Waals surface area (Å²) in [5, 5.41) is 21.2. The SMILES string of the molecule is CCCNCC1=C(C(=O)O)N2C(=O)[C@H](CO)[C@H]2S1. The number of fused-ring (bicyclic) bond motifs is 1. The van der Waals surface area contributed by atoms with Crippen LogP contribution in [0.2, 0.25) is 0 Å². The van der Waals surface area contributed by atoms with E-state index in [0.29, 0.717) is 11.4 Å². The fourth-order valence-electron chi connectivity index (χ4n) is 2.13. The van der Waals surface area contributed by atoms with Gasteiger partial charge in [0.2, 0.25) is 5.91 Å². The van der Waals surface area contributed by atoms with E-state index in [9.17, 15) is 14.7 Å². The van der Waals surface area contributed by atoms with Gasteiger partial charge in [-0.05, 0) is 13.0 Å². The Bertz CT molecular complexity index is 410. The molecule has 7 heteroatoms. The van der Waals surface area contributed by atoms with Crippen LogP contribution in [-0.4, -0.2) is 52.1 Å². The smallest absolute Gasteiger partial charge is 0.353 e. The minimum atomic E-state index is -1.08. The highest BCUT2D eigenvalue weighted by Gasteiger charge is 2.55. The van der Waals surface area contributed by atoms with Crippen LogP contribution in [0.15, 0.2) is 10.6 Å². The molecule has 3 N–H and O–H groups in total. The monoisotopic (exact) mass is 272 g/mol. The topological polar surface area (TPSA) is 89.9 Å². The van der Waals surface area contributed by atoms with Crippen LogP contribution in [0.3, 0.4) is 0 Å². The number of carbonyl (C=O) groups excluding carboxylic acids is 1. The Hall–Kier alpha value is -1.05. The average molecular weight is 272 g/mol. The third-order valence-electron chi connectivity index (χ3n) is 3.03. The molecule has 2 aliphatic rings. The van der Waals surface area contributed by atoms with Crippen molar-refractivity contribution in [2.45, 2.75) is 18.7 Å². The molecule has 2 heterocycles. The summed E-state index contributed by atoms with van der Waals surface area (Å²) >= 11 is 1.37. The van der Waals surface area contributed by atoms with Crippen LogP contribution in [0.25, 0.3) is 0 Å². The van der Waals surface area contributed by atoms with Crippen LogP contribution < -0.4 is 5.32 Å². The minimum Gasteiger partial charge on any atom is -0.477 e. The molecule has 1 fully saturated rings. The van der Waals surface area contributed by atoms with Gasteiger partial charge in [-0.2, -0.15) is 0 Å². The van der Waals surface area contributed by atoms with Gasteiger partial charge in [0.05, 0.1) is 12.5 Å². The highest BCUT2D eigenvalue weighted by atomic mass is 32.2. The number of aliphatic hydroxyl groups excluding tert-OH is 1. The fraction of sp³-hybridized carbons (Fsp3) is 0.636. The van der Waals surface area contributed by atoms with E-state index in [1.54, 1.807) is 0 Å². The molecule has 0 unspecified atom stereocenters. The predicted octanol–water partition coefficient (Wildman–Crippen LogP) is -0.194. The summed E-state index contributed by atoms with van der Waals surface area (Å²) in [5.74, 6) is -1.84. The highest BCUT2D eigenvalue weighted by molar-refractivity contribution is 8.04. The standard InChI is InChI=1S/C11H16N2O4S/c1-2-3-12-4-7-8(11(16)17)13-9(15)6(5-14)10(13)18-7/h6,10,12,14H,2-5H2,1H3,(H,16,17)/t6-,10+/m0/s1. The van der Waals surface area contributed by atoms with Crippen molar-refractivity contribution in [1.29, 1.82) is 0 Å². The maximum Gasteiger partial charge on any atom is 0.353 e. The molecule has 0 saturated carbocycles. The number of rotatable bonds is 6. The lowest BCUT2D eigenvalue weighted by Gasteiger charge is -2.41. The predicted molar refractivity (Wildman–Crippen MR) is 66.6 cm³/mol. The molecule has 6 nitrogen and oxygen atoms in total. The van der Waals surface area contributed by atoms with Crippen molar-refractivity contribution in [2.75, 3.05) is 19.7 Å². The van der Waals surface area contributed by atoms with Crippen LogP contribution in [0.4, 0.5) is 0 Å². The Labute approximate surface area is 109 Å². The van der Waals surface area contributed by atoms with Crippen molar-refractivity contribution < 1.29 is 19.8 Å². The Morgan fingerprint density at radius 3 is 2.83 bits per heavy atom. The summed E-state index contributed by atoms with van der Waals surface area (Å²) in [5.41, 5.74) is 0.0725. The van der Waals surface area contributed by atoms with Crippen LogP contribution in [-0.2, 0) is 9.59 Å². The zero-order valence-corrected chi connectivity index (χ0v) is 10.9. The maximum atomic E-state index is 11.7. The third kappa shape index (κ3) is 2.02. The normalized spacial score (nSPS) is 26.3. The zero-order valence-electron chi connectivity index (χ0n) is 10.0. The molecule has 1 amide bonds. The zero-order chi connectivity index (χ0) is 13.3. The number of carboxylic acids is 1. The van der Waals surface area contributed by atoms with Gasteiger partial charge in [0.1, 0.15) is 11.1 Å². The van der Waals surface area contributed by atoms with Crippen molar-refractivity contribution in [1.82, 2.24) is 10.2 Å². The number of carboxylic acid groups (broad SMARTS) is 1. The number of amides is 1. The van der Waals surface area contributed by atoms with E-state index in [1.807, 2.05) is 6.92 Å². The van der Waals surface area contributed by atoms with E-state index >= 15 is 0 Å². The summed E-state index contributed by atoms with van der Waals surface area (Å²) in [6.45, 7) is 3.06. The summed E-state index contributed by atoms with van der Waals surface area (Å²) < 4.78 is 0. The number of carbonyl (C=O) groups is 2. The molecule has 0 aromatic heterocycles. The molecule has 2 atom stereocenters. The molecule has 0 aromatic rings. The number of nitrogens with zero attached hydrogens (tertiary/aromatic N) is 1. The van der Waals surface area contributed by atoms with Gasteiger partial charge in [-0.3, -0.25) is 9.69 Å². The van der Waals surface area contributed by atoms with Gasteiger partial charge in [-0.1, -0.05) is 6.92 Å². The van der Waals surface area contributed by atoms with E-state index in [-0.39, 0.29) is 23.6 Å². The Balaban J connectivity index is 2.12. The molecule has 1 saturated heterocycles.